The van der Waals surface area contributed by atoms with Gasteiger partial charge in [-0.1, -0.05) is 26.7 Å². The summed E-state index contributed by atoms with van der Waals surface area (Å²) >= 11 is 0. The summed E-state index contributed by atoms with van der Waals surface area (Å²) in [6.07, 6.45) is 6.72. The first-order chi connectivity index (χ1) is 8.70. The molecule has 0 atom stereocenters. The van der Waals surface area contributed by atoms with Crippen molar-refractivity contribution in [3.8, 4) is 0 Å². The zero-order valence-corrected chi connectivity index (χ0v) is 13.2. The summed E-state index contributed by atoms with van der Waals surface area (Å²) in [5.74, 6) is 0. The second-order valence-corrected chi connectivity index (χ2v) is 5.41. The van der Waals surface area contributed by atoms with E-state index in [1.165, 1.54) is 64.8 Å². The highest BCUT2D eigenvalue weighted by Crippen LogP contribution is 2.02. The van der Waals surface area contributed by atoms with E-state index in [0.717, 1.165) is 6.54 Å². The van der Waals surface area contributed by atoms with Gasteiger partial charge in [0, 0.05) is 13.1 Å². The summed E-state index contributed by atoms with van der Waals surface area (Å²) in [7, 11) is 4.32. The molecule has 0 amide bonds. The van der Waals surface area contributed by atoms with Gasteiger partial charge in [-0.2, -0.15) is 0 Å². The monoisotopic (exact) mass is 257 g/mol. The van der Waals surface area contributed by atoms with E-state index in [2.05, 4.69) is 43.1 Å². The Kier molecular flexibility index (Phi) is 13.2. The smallest absolute Gasteiger partial charge is 0.0109 e. The number of rotatable bonds is 13. The molecular formula is C15H35N3. The molecule has 3 heteroatoms. The molecule has 0 bridgehead atoms. The van der Waals surface area contributed by atoms with Gasteiger partial charge in [0.1, 0.15) is 0 Å². The maximum atomic E-state index is 3.39. The van der Waals surface area contributed by atoms with Crippen molar-refractivity contribution in [3.05, 3.63) is 0 Å². The van der Waals surface area contributed by atoms with Crippen LogP contribution in [0.5, 0.6) is 0 Å². The third-order valence-electron chi connectivity index (χ3n) is 3.23. The molecule has 0 rings (SSSR count). The van der Waals surface area contributed by atoms with Crippen molar-refractivity contribution in [1.82, 2.24) is 15.1 Å². The highest BCUT2D eigenvalue weighted by molar-refractivity contribution is 4.59. The van der Waals surface area contributed by atoms with Gasteiger partial charge in [0.25, 0.3) is 0 Å². The summed E-state index contributed by atoms with van der Waals surface area (Å²) in [5.41, 5.74) is 0. The van der Waals surface area contributed by atoms with Crippen LogP contribution in [0, 0.1) is 0 Å². The lowest BCUT2D eigenvalue weighted by molar-refractivity contribution is 0.236. The number of unbranched alkanes of at least 4 members (excludes halogenated alkanes) is 3. The Morgan fingerprint density at radius 1 is 0.778 bits per heavy atom. The molecule has 18 heavy (non-hydrogen) atoms. The molecule has 0 fully saturated rings. The molecule has 1 N–H and O–H groups in total. The highest BCUT2D eigenvalue weighted by Gasteiger charge is 2.03. The van der Waals surface area contributed by atoms with Gasteiger partial charge < -0.3 is 15.1 Å². The summed E-state index contributed by atoms with van der Waals surface area (Å²) in [4.78, 5) is 4.89. The zero-order valence-electron chi connectivity index (χ0n) is 13.2. The predicted molar refractivity (Wildman–Crippen MR) is 82.3 cm³/mol. The van der Waals surface area contributed by atoms with Crippen LogP contribution in [0.4, 0.5) is 0 Å². The molecule has 3 nitrogen and oxygen atoms in total. The Hall–Kier alpha value is -0.120. The van der Waals surface area contributed by atoms with Gasteiger partial charge in [-0.15, -0.1) is 0 Å². The second kappa shape index (κ2) is 13.3. The maximum absolute atomic E-state index is 3.39. The van der Waals surface area contributed by atoms with Crippen molar-refractivity contribution in [1.29, 1.82) is 0 Å². The van der Waals surface area contributed by atoms with Crippen molar-refractivity contribution < 1.29 is 0 Å². The summed E-state index contributed by atoms with van der Waals surface area (Å²) in [6, 6.07) is 0. The van der Waals surface area contributed by atoms with Crippen molar-refractivity contribution in [2.75, 3.05) is 53.4 Å². The second-order valence-electron chi connectivity index (χ2n) is 5.41. The molecule has 0 unspecified atom stereocenters. The van der Waals surface area contributed by atoms with Gasteiger partial charge in [-0.3, -0.25) is 0 Å². The fourth-order valence-corrected chi connectivity index (χ4v) is 2.11. The quantitative estimate of drug-likeness (QED) is 0.511. The normalized spacial score (nSPS) is 11.7. The third kappa shape index (κ3) is 12.3. The van der Waals surface area contributed by atoms with Crippen LogP contribution in [-0.2, 0) is 0 Å². The Labute approximate surface area is 115 Å². The predicted octanol–water partition coefficient (Wildman–Crippen LogP) is 2.43. The highest BCUT2D eigenvalue weighted by atomic mass is 15.2. The minimum Gasteiger partial charge on any atom is -0.317 e. The Bertz CT molecular complexity index is 160. The van der Waals surface area contributed by atoms with Gasteiger partial charge in [-0.25, -0.2) is 0 Å². The van der Waals surface area contributed by atoms with E-state index in [-0.39, 0.29) is 0 Å². The van der Waals surface area contributed by atoms with Crippen molar-refractivity contribution >= 4 is 0 Å². The van der Waals surface area contributed by atoms with Crippen LogP contribution < -0.4 is 5.32 Å². The lowest BCUT2D eigenvalue weighted by Crippen LogP contribution is -2.33. The van der Waals surface area contributed by atoms with Gasteiger partial charge in [-0.05, 0) is 59.5 Å². The van der Waals surface area contributed by atoms with E-state index >= 15 is 0 Å². The molecule has 0 spiro atoms. The average molecular weight is 257 g/mol. The zero-order chi connectivity index (χ0) is 13.6. The summed E-state index contributed by atoms with van der Waals surface area (Å²) in [5, 5.41) is 3.39. The van der Waals surface area contributed by atoms with Crippen LogP contribution in [0.3, 0.4) is 0 Å². The minimum atomic E-state index is 1.11. The van der Waals surface area contributed by atoms with E-state index in [1.807, 2.05) is 0 Å². The Morgan fingerprint density at radius 2 is 1.50 bits per heavy atom. The molecule has 0 aliphatic carbocycles. The molecule has 0 aliphatic heterocycles. The average Bonchev–Trinajstić information content (AvgIpc) is 2.34. The summed E-state index contributed by atoms with van der Waals surface area (Å²) in [6.45, 7) is 11.7. The number of hydrogen-bond donors (Lipinski definition) is 1. The van der Waals surface area contributed by atoms with Crippen molar-refractivity contribution in [2.45, 2.75) is 46.0 Å². The van der Waals surface area contributed by atoms with Crippen LogP contribution in [-0.4, -0.2) is 63.2 Å². The molecule has 0 aromatic carbocycles. The largest absolute Gasteiger partial charge is 0.317 e. The van der Waals surface area contributed by atoms with Gasteiger partial charge in [0.15, 0.2) is 0 Å². The lowest BCUT2D eigenvalue weighted by Gasteiger charge is -2.23. The Morgan fingerprint density at radius 3 is 2.11 bits per heavy atom. The van der Waals surface area contributed by atoms with E-state index in [4.69, 9.17) is 0 Å². The van der Waals surface area contributed by atoms with Crippen LogP contribution in [0.15, 0.2) is 0 Å². The van der Waals surface area contributed by atoms with Gasteiger partial charge >= 0.3 is 0 Å². The number of hydrogen-bond acceptors (Lipinski definition) is 3. The number of likely N-dealkylation sites (N-methyl/N-ethyl adjacent to an activating group) is 1. The van der Waals surface area contributed by atoms with E-state index in [9.17, 15) is 0 Å². The van der Waals surface area contributed by atoms with Crippen molar-refractivity contribution in [3.63, 3.8) is 0 Å². The topological polar surface area (TPSA) is 18.5 Å². The lowest BCUT2D eigenvalue weighted by atomic mass is 10.2. The minimum absolute atomic E-state index is 1.11. The maximum Gasteiger partial charge on any atom is 0.0109 e. The van der Waals surface area contributed by atoms with Crippen LogP contribution in [0.25, 0.3) is 0 Å². The van der Waals surface area contributed by atoms with E-state index in [0.29, 0.717) is 0 Å². The molecule has 0 heterocycles. The fourth-order valence-electron chi connectivity index (χ4n) is 2.11. The molecule has 0 saturated heterocycles. The van der Waals surface area contributed by atoms with Crippen LogP contribution in [0.1, 0.15) is 46.0 Å². The first-order valence-corrected chi connectivity index (χ1v) is 7.78. The standard InChI is InChI=1S/C15H35N3/c1-5-12-18(15-14-17(3)4)13-10-8-7-9-11-16-6-2/h16H,5-15H2,1-4H3. The van der Waals surface area contributed by atoms with Crippen LogP contribution >= 0.6 is 0 Å². The molecule has 0 aromatic heterocycles. The SMILES string of the molecule is CCCN(CCCCCCNCC)CCN(C)C. The molecule has 0 saturated carbocycles. The van der Waals surface area contributed by atoms with E-state index in [1.54, 1.807) is 0 Å². The summed E-state index contributed by atoms with van der Waals surface area (Å²) < 4.78 is 0. The third-order valence-corrected chi connectivity index (χ3v) is 3.23. The number of nitrogens with one attached hydrogen (secondary N) is 1. The van der Waals surface area contributed by atoms with Gasteiger partial charge in [0.2, 0.25) is 0 Å². The molecule has 0 radical (unpaired) electrons. The van der Waals surface area contributed by atoms with Gasteiger partial charge in [0.05, 0.1) is 0 Å². The first-order valence-electron chi connectivity index (χ1n) is 7.78. The molecule has 110 valence electrons. The van der Waals surface area contributed by atoms with Crippen LogP contribution in [0.2, 0.25) is 0 Å². The van der Waals surface area contributed by atoms with Crippen molar-refractivity contribution in [2.24, 2.45) is 0 Å². The first kappa shape index (κ1) is 17.9. The fraction of sp³-hybridized carbons (Fsp3) is 1.00. The van der Waals surface area contributed by atoms with E-state index < -0.39 is 0 Å². The molecule has 0 aromatic rings. The molecular weight excluding hydrogens is 222 g/mol. The molecule has 0 aliphatic rings. The number of nitrogens with zero attached hydrogens (tertiary/aromatic N) is 2. The Balaban J connectivity index is 3.45.